The second-order valence-corrected chi connectivity index (χ2v) is 6.28. The van der Waals surface area contributed by atoms with Crippen LogP contribution in [0.15, 0.2) is 55.1 Å². The second-order valence-electron chi connectivity index (χ2n) is 6.28. The number of aromatic nitrogens is 3. The van der Waals surface area contributed by atoms with Gasteiger partial charge in [-0.15, -0.1) is 0 Å². The maximum absolute atomic E-state index is 12.3. The Morgan fingerprint density at radius 3 is 2.96 bits per heavy atom. The third kappa shape index (κ3) is 3.41. The van der Waals surface area contributed by atoms with Crippen molar-refractivity contribution < 1.29 is 4.79 Å². The molecule has 1 aliphatic rings. The molecule has 0 bridgehead atoms. The van der Waals surface area contributed by atoms with Crippen LogP contribution in [0.25, 0.3) is 17.2 Å². The number of carbonyl (C=O) groups is 1. The number of pyridine rings is 1. The van der Waals surface area contributed by atoms with Crippen molar-refractivity contribution in [2.75, 3.05) is 5.32 Å². The van der Waals surface area contributed by atoms with Crippen LogP contribution in [0, 0.1) is 0 Å². The Bertz CT molecular complexity index is 989. The lowest BCUT2D eigenvalue weighted by Gasteiger charge is -2.05. The fraction of sp³-hybridized carbons (Fsp3) is 0.150. The molecule has 4 rings (SSSR count). The van der Waals surface area contributed by atoms with Crippen LogP contribution in [0.2, 0.25) is 0 Å². The molecule has 2 aromatic heterocycles. The Balaban J connectivity index is 1.50. The Morgan fingerprint density at radius 1 is 1.23 bits per heavy atom. The molecule has 0 saturated carbocycles. The standard InChI is InChI=1S/C20H19N5O/c1-25-13-17(12-23-25)19-6-7-21-10-15(19)3-5-20(26)24-18-4-2-14-9-22-11-16(14)8-18/h2-8,10,12-13,22H,9,11H2,1H3,(H,24,26). The zero-order chi connectivity index (χ0) is 17.9. The number of hydrogen-bond acceptors (Lipinski definition) is 4. The highest BCUT2D eigenvalue weighted by atomic mass is 16.1. The molecule has 0 spiro atoms. The maximum atomic E-state index is 12.3. The number of anilines is 1. The zero-order valence-corrected chi connectivity index (χ0v) is 14.4. The number of carbonyl (C=O) groups excluding carboxylic acids is 1. The molecule has 1 aliphatic heterocycles. The minimum atomic E-state index is -0.170. The SMILES string of the molecule is Cn1cc(-c2ccncc2C=CC(=O)Nc2ccc3c(c2)CNC3)cn1. The number of aryl methyl sites for hydroxylation is 1. The van der Waals surface area contributed by atoms with Crippen molar-refractivity contribution in [3.63, 3.8) is 0 Å². The molecule has 6 heteroatoms. The summed E-state index contributed by atoms with van der Waals surface area (Å²) in [7, 11) is 1.87. The van der Waals surface area contributed by atoms with Crippen LogP contribution in [-0.2, 0) is 24.9 Å². The van der Waals surface area contributed by atoms with Crippen molar-refractivity contribution in [2.45, 2.75) is 13.1 Å². The van der Waals surface area contributed by atoms with Gasteiger partial charge in [-0.25, -0.2) is 0 Å². The van der Waals surface area contributed by atoms with Crippen LogP contribution in [-0.4, -0.2) is 20.7 Å². The fourth-order valence-electron chi connectivity index (χ4n) is 3.08. The Kier molecular flexibility index (Phi) is 4.33. The Hall–Kier alpha value is -3.25. The van der Waals surface area contributed by atoms with Gasteiger partial charge in [-0.3, -0.25) is 14.5 Å². The number of nitrogens with one attached hydrogen (secondary N) is 2. The quantitative estimate of drug-likeness (QED) is 0.713. The maximum Gasteiger partial charge on any atom is 0.248 e. The first-order valence-corrected chi connectivity index (χ1v) is 8.44. The molecule has 0 unspecified atom stereocenters. The molecule has 1 aromatic carbocycles. The molecular formula is C20H19N5O. The Labute approximate surface area is 151 Å². The average Bonchev–Trinajstić information content (AvgIpc) is 3.28. The van der Waals surface area contributed by atoms with Crippen molar-refractivity contribution in [3.8, 4) is 11.1 Å². The molecule has 3 aromatic rings. The summed E-state index contributed by atoms with van der Waals surface area (Å²) in [6.07, 6.45) is 10.5. The van der Waals surface area contributed by atoms with Crippen molar-refractivity contribution in [1.82, 2.24) is 20.1 Å². The van der Waals surface area contributed by atoms with Crippen LogP contribution in [0.5, 0.6) is 0 Å². The van der Waals surface area contributed by atoms with Gasteiger partial charge in [-0.2, -0.15) is 5.10 Å². The predicted molar refractivity (Wildman–Crippen MR) is 101 cm³/mol. The van der Waals surface area contributed by atoms with Gasteiger partial charge in [-0.05, 0) is 41.0 Å². The summed E-state index contributed by atoms with van der Waals surface area (Å²) in [6, 6.07) is 7.92. The van der Waals surface area contributed by atoms with E-state index in [0.717, 1.165) is 35.5 Å². The highest BCUT2D eigenvalue weighted by molar-refractivity contribution is 6.02. The molecule has 0 fully saturated rings. The van der Waals surface area contributed by atoms with Gasteiger partial charge in [0.1, 0.15) is 0 Å². The van der Waals surface area contributed by atoms with Crippen molar-refractivity contribution in [3.05, 3.63) is 71.8 Å². The van der Waals surface area contributed by atoms with E-state index in [4.69, 9.17) is 0 Å². The van der Waals surface area contributed by atoms with Gasteiger partial charge in [0, 0.05) is 61.6 Å². The summed E-state index contributed by atoms with van der Waals surface area (Å²) in [5.41, 5.74) is 6.17. The molecule has 0 saturated heterocycles. The first-order valence-electron chi connectivity index (χ1n) is 8.44. The summed E-state index contributed by atoms with van der Waals surface area (Å²) in [4.78, 5) is 16.4. The summed E-state index contributed by atoms with van der Waals surface area (Å²) < 4.78 is 1.75. The largest absolute Gasteiger partial charge is 0.323 e. The Morgan fingerprint density at radius 2 is 2.12 bits per heavy atom. The summed E-state index contributed by atoms with van der Waals surface area (Å²) >= 11 is 0. The summed E-state index contributed by atoms with van der Waals surface area (Å²) in [6.45, 7) is 1.74. The lowest BCUT2D eigenvalue weighted by atomic mass is 10.0. The van der Waals surface area contributed by atoms with Crippen LogP contribution in [0.1, 0.15) is 16.7 Å². The molecule has 6 nitrogen and oxygen atoms in total. The third-order valence-electron chi connectivity index (χ3n) is 4.39. The van der Waals surface area contributed by atoms with E-state index in [9.17, 15) is 4.79 Å². The van der Waals surface area contributed by atoms with Gasteiger partial charge in [0.15, 0.2) is 0 Å². The molecule has 26 heavy (non-hydrogen) atoms. The smallest absolute Gasteiger partial charge is 0.248 e. The van der Waals surface area contributed by atoms with E-state index in [1.54, 1.807) is 29.3 Å². The lowest BCUT2D eigenvalue weighted by molar-refractivity contribution is -0.111. The average molecular weight is 345 g/mol. The molecule has 0 atom stereocenters. The van der Waals surface area contributed by atoms with Gasteiger partial charge < -0.3 is 10.6 Å². The molecule has 3 heterocycles. The molecule has 0 aliphatic carbocycles. The van der Waals surface area contributed by atoms with E-state index in [1.807, 2.05) is 31.4 Å². The third-order valence-corrected chi connectivity index (χ3v) is 4.39. The number of hydrogen-bond donors (Lipinski definition) is 2. The van der Waals surface area contributed by atoms with E-state index in [1.165, 1.54) is 17.2 Å². The van der Waals surface area contributed by atoms with Crippen LogP contribution >= 0.6 is 0 Å². The van der Waals surface area contributed by atoms with Gasteiger partial charge in [-0.1, -0.05) is 6.07 Å². The number of fused-ring (bicyclic) bond motifs is 1. The monoisotopic (exact) mass is 345 g/mol. The topological polar surface area (TPSA) is 71.8 Å². The molecule has 0 radical (unpaired) electrons. The minimum absolute atomic E-state index is 0.170. The van der Waals surface area contributed by atoms with Crippen LogP contribution in [0.4, 0.5) is 5.69 Å². The number of benzene rings is 1. The van der Waals surface area contributed by atoms with Crippen LogP contribution < -0.4 is 10.6 Å². The first-order chi connectivity index (χ1) is 12.7. The fourth-order valence-corrected chi connectivity index (χ4v) is 3.08. The minimum Gasteiger partial charge on any atom is -0.323 e. The van der Waals surface area contributed by atoms with E-state index in [-0.39, 0.29) is 5.91 Å². The van der Waals surface area contributed by atoms with Gasteiger partial charge in [0.05, 0.1) is 6.20 Å². The summed E-state index contributed by atoms with van der Waals surface area (Å²) in [5, 5.41) is 10.4. The predicted octanol–water partition coefficient (Wildman–Crippen LogP) is 2.74. The van der Waals surface area contributed by atoms with Crippen molar-refractivity contribution in [1.29, 1.82) is 0 Å². The highest BCUT2D eigenvalue weighted by Gasteiger charge is 2.11. The molecular weight excluding hydrogens is 326 g/mol. The number of rotatable bonds is 4. The lowest BCUT2D eigenvalue weighted by Crippen LogP contribution is -2.08. The summed E-state index contributed by atoms with van der Waals surface area (Å²) in [5.74, 6) is -0.170. The molecule has 2 N–H and O–H groups in total. The van der Waals surface area contributed by atoms with Crippen molar-refractivity contribution >= 4 is 17.7 Å². The van der Waals surface area contributed by atoms with E-state index in [2.05, 4.69) is 26.8 Å². The number of amides is 1. The van der Waals surface area contributed by atoms with E-state index in [0.29, 0.717) is 0 Å². The highest BCUT2D eigenvalue weighted by Crippen LogP contribution is 2.23. The second kappa shape index (κ2) is 6.93. The van der Waals surface area contributed by atoms with Gasteiger partial charge in [0.25, 0.3) is 0 Å². The van der Waals surface area contributed by atoms with E-state index >= 15 is 0 Å². The first kappa shape index (κ1) is 16.2. The normalized spacial score (nSPS) is 13.1. The molecule has 1 amide bonds. The number of nitrogens with zero attached hydrogens (tertiary/aromatic N) is 3. The van der Waals surface area contributed by atoms with E-state index < -0.39 is 0 Å². The van der Waals surface area contributed by atoms with Gasteiger partial charge in [0.2, 0.25) is 5.91 Å². The van der Waals surface area contributed by atoms with Crippen LogP contribution in [0.3, 0.4) is 0 Å². The van der Waals surface area contributed by atoms with Gasteiger partial charge >= 0.3 is 0 Å². The molecule has 130 valence electrons. The van der Waals surface area contributed by atoms with Crippen molar-refractivity contribution in [2.24, 2.45) is 7.05 Å². The zero-order valence-electron chi connectivity index (χ0n) is 14.4.